The number of carboxylic acids is 1. The van der Waals surface area contributed by atoms with Gasteiger partial charge in [0.1, 0.15) is 18.1 Å². The van der Waals surface area contributed by atoms with Gasteiger partial charge in [-0.3, -0.25) is 4.68 Å². The predicted octanol–water partition coefficient (Wildman–Crippen LogP) is 4.38. The lowest BCUT2D eigenvalue weighted by atomic mass is 10.0. The third kappa shape index (κ3) is 3.44. The highest BCUT2D eigenvalue weighted by atomic mass is 35.5. The first-order valence-corrected chi connectivity index (χ1v) is 9.09. The molecule has 0 amide bonds. The van der Waals surface area contributed by atoms with Crippen molar-refractivity contribution in [2.75, 3.05) is 0 Å². The largest absolute Gasteiger partial charge is 0.487 e. The van der Waals surface area contributed by atoms with Crippen LogP contribution in [0.15, 0.2) is 48.8 Å². The molecule has 0 atom stereocenters. The number of carbonyl (C=O) groups is 1. The summed E-state index contributed by atoms with van der Waals surface area (Å²) < 4.78 is 7.49. The fourth-order valence-corrected chi connectivity index (χ4v) is 3.26. The Hall–Kier alpha value is -3.32. The van der Waals surface area contributed by atoms with Crippen molar-refractivity contribution in [2.45, 2.75) is 20.1 Å². The van der Waals surface area contributed by atoms with E-state index >= 15 is 0 Å². The van der Waals surface area contributed by atoms with E-state index in [-0.39, 0.29) is 5.56 Å². The number of rotatable bonds is 6. The van der Waals surface area contributed by atoms with Crippen molar-refractivity contribution in [2.24, 2.45) is 0 Å². The van der Waals surface area contributed by atoms with Crippen LogP contribution in [0.5, 0.6) is 5.75 Å². The SMILES string of the molecule is CCn1cc(COc2ccc(-c3cc4c(C(=O)O)c[nH]c4cc3Cl)cc2)nn1. The van der Waals surface area contributed by atoms with E-state index in [0.29, 0.717) is 28.3 Å². The minimum atomic E-state index is -0.983. The minimum Gasteiger partial charge on any atom is -0.487 e. The lowest BCUT2D eigenvalue weighted by molar-refractivity contribution is 0.0699. The Kier molecular flexibility index (Phi) is 4.75. The van der Waals surface area contributed by atoms with Crippen molar-refractivity contribution in [3.05, 3.63) is 65.1 Å². The highest BCUT2D eigenvalue weighted by Crippen LogP contribution is 2.34. The topological polar surface area (TPSA) is 93.0 Å². The standard InChI is InChI=1S/C20H17ClN4O3/c1-2-25-10-13(23-24-25)11-28-14-5-3-12(4-6-14)15-7-16-17(20(26)27)9-22-19(16)8-18(15)21/h3-10,22H,2,11H2,1H3,(H,26,27). The molecule has 4 rings (SSSR count). The molecule has 0 aliphatic rings. The third-order valence-electron chi connectivity index (χ3n) is 4.46. The van der Waals surface area contributed by atoms with Gasteiger partial charge in [0.15, 0.2) is 0 Å². The maximum absolute atomic E-state index is 11.4. The molecule has 2 heterocycles. The zero-order chi connectivity index (χ0) is 19.7. The number of halogens is 1. The van der Waals surface area contributed by atoms with Crippen molar-refractivity contribution in [1.82, 2.24) is 20.0 Å². The molecule has 28 heavy (non-hydrogen) atoms. The Balaban J connectivity index is 1.57. The summed E-state index contributed by atoms with van der Waals surface area (Å²) in [5.74, 6) is -0.289. The number of nitrogens with zero attached hydrogens (tertiary/aromatic N) is 3. The number of nitrogens with one attached hydrogen (secondary N) is 1. The summed E-state index contributed by atoms with van der Waals surface area (Å²) in [6.45, 7) is 3.09. The first-order valence-electron chi connectivity index (χ1n) is 8.71. The van der Waals surface area contributed by atoms with E-state index in [4.69, 9.17) is 16.3 Å². The molecular weight excluding hydrogens is 380 g/mol. The monoisotopic (exact) mass is 396 g/mol. The van der Waals surface area contributed by atoms with Crippen molar-refractivity contribution >= 4 is 28.5 Å². The molecule has 0 bridgehead atoms. The maximum Gasteiger partial charge on any atom is 0.337 e. The molecule has 4 aromatic rings. The number of aromatic amines is 1. The third-order valence-corrected chi connectivity index (χ3v) is 4.77. The zero-order valence-corrected chi connectivity index (χ0v) is 15.8. The van der Waals surface area contributed by atoms with Crippen LogP contribution in [0.4, 0.5) is 0 Å². The second-order valence-electron chi connectivity index (χ2n) is 6.26. The molecule has 0 fully saturated rings. The van der Waals surface area contributed by atoms with Crippen LogP contribution < -0.4 is 4.74 Å². The molecular formula is C20H17ClN4O3. The van der Waals surface area contributed by atoms with E-state index < -0.39 is 5.97 Å². The number of H-pyrrole nitrogens is 1. The summed E-state index contributed by atoms with van der Waals surface area (Å²) in [6, 6.07) is 11.0. The molecule has 2 aromatic heterocycles. The van der Waals surface area contributed by atoms with E-state index in [9.17, 15) is 9.90 Å². The smallest absolute Gasteiger partial charge is 0.337 e. The van der Waals surface area contributed by atoms with Crippen molar-refractivity contribution < 1.29 is 14.6 Å². The molecule has 0 saturated carbocycles. The van der Waals surface area contributed by atoms with Crippen LogP contribution in [-0.4, -0.2) is 31.1 Å². The van der Waals surface area contributed by atoms with Crippen LogP contribution in [0.2, 0.25) is 5.02 Å². The van der Waals surface area contributed by atoms with Crippen molar-refractivity contribution in [3.63, 3.8) is 0 Å². The molecule has 0 spiro atoms. The number of hydrogen-bond donors (Lipinski definition) is 2. The number of aromatic carboxylic acids is 1. The van der Waals surface area contributed by atoms with Gasteiger partial charge in [0.25, 0.3) is 0 Å². The highest BCUT2D eigenvalue weighted by molar-refractivity contribution is 6.34. The second-order valence-corrected chi connectivity index (χ2v) is 6.67. The van der Waals surface area contributed by atoms with Gasteiger partial charge in [-0.05, 0) is 36.8 Å². The van der Waals surface area contributed by atoms with Gasteiger partial charge in [-0.15, -0.1) is 5.10 Å². The number of ether oxygens (including phenoxy) is 1. The van der Waals surface area contributed by atoms with Crippen LogP contribution >= 0.6 is 11.6 Å². The van der Waals surface area contributed by atoms with Crippen molar-refractivity contribution in [3.8, 4) is 16.9 Å². The normalized spacial score (nSPS) is 11.1. The molecule has 142 valence electrons. The van der Waals surface area contributed by atoms with Crippen molar-refractivity contribution in [1.29, 1.82) is 0 Å². The minimum absolute atomic E-state index is 0.216. The lowest BCUT2D eigenvalue weighted by Crippen LogP contribution is -1.96. The van der Waals surface area contributed by atoms with Gasteiger partial charge in [-0.1, -0.05) is 28.9 Å². The Morgan fingerprint density at radius 3 is 2.75 bits per heavy atom. The van der Waals surface area contributed by atoms with Crippen LogP contribution in [-0.2, 0) is 13.2 Å². The maximum atomic E-state index is 11.4. The number of hydrogen-bond acceptors (Lipinski definition) is 4. The van der Waals surface area contributed by atoms with Crippen LogP contribution in [0, 0.1) is 0 Å². The van der Waals surface area contributed by atoms with Gasteiger partial charge in [-0.25, -0.2) is 4.79 Å². The van der Waals surface area contributed by atoms with Gasteiger partial charge < -0.3 is 14.8 Å². The second kappa shape index (κ2) is 7.36. The summed E-state index contributed by atoms with van der Waals surface area (Å²) in [5.41, 5.74) is 3.29. The van der Waals surface area contributed by atoms with Crippen LogP contribution in [0.25, 0.3) is 22.0 Å². The molecule has 2 aromatic carbocycles. The summed E-state index contributed by atoms with van der Waals surface area (Å²) in [7, 11) is 0. The number of aromatic nitrogens is 4. The average molecular weight is 397 g/mol. The molecule has 0 aliphatic carbocycles. The lowest BCUT2D eigenvalue weighted by Gasteiger charge is -2.08. The summed E-state index contributed by atoms with van der Waals surface area (Å²) in [6.07, 6.45) is 3.32. The number of aryl methyl sites for hydroxylation is 1. The Morgan fingerprint density at radius 2 is 2.07 bits per heavy atom. The van der Waals surface area contributed by atoms with Gasteiger partial charge in [-0.2, -0.15) is 0 Å². The Labute approximate surface area is 165 Å². The summed E-state index contributed by atoms with van der Waals surface area (Å²) >= 11 is 6.41. The molecule has 0 unspecified atom stereocenters. The van der Waals surface area contributed by atoms with Crippen LogP contribution in [0.3, 0.4) is 0 Å². The van der Waals surface area contributed by atoms with Gasteiger partial charge in [0.2, 0.25) is 0 Å². The zero-order valence-electron chi connectivity index (χ0n) is 15.0. The van der Waals surface area contributed by atoms with E-state index in [1.165, 1.54) is 6.20 Å². The van der Waals surface area contributed by atoms with E-state index in [1.807, 2.05) is 37.4 Å². The first kappa shape index (κ1) is 18.1. The average Bonchev–Trinajstić information content (AvgIpc) is 3.32. The first-order chi connectivity index (χ1) is 13.5. The molecule has 0 aliphatic heterocycles. The fourth-order valence-electron chi connectivity index (χ4n) is 2.99. The van der Waals surface area contributed by atoms with E-state index in [2.05, 4.69) is 15.3 Å². The number of fused-ring (bicyclic) bond motifs is 1. The molecule has 7 nitrogen and oxygen atoms in total. The summed E-state index contributed by atoms with van der Waals surface area (Å²) in [5, 5.41) is 18.5. The number of benzene rings is 2. The van der Waals surface area contributed by atoms with E-state index in [1.54, 1.807) is 16.8 Å². The van der Waals surface area contributed by atoms with Crippen LogP contribution in [0.1, 0.15) is 23.0 Å². The van der Waals surface area contributed by atoms with Gasteiger partial charge >= 0.3 is 5.97 Å². The molecule has 8 heteroatoms. The van der Waals surface area contributed by atoms with Gasteiger partial charge in [0.05, 0.1) is 16.8 Å². The molecule has 0 radical (unpaired) electrons. The van der Waals surface area contributed by atoms with E-state index in [0.717, 1.165) is 23.4 Å². The molecule has 0 saturated heterocycles. The number of carboxylic acid groups (broad SMARTS) is 1. The fraction of sp³-hybridized carbons (Fsp3) is 0.150. The highest BCUT2D eigenvalue weighted by Gasteiger charge is 2.14. The van der Waals surface area contributed by atoms with Gasteiger partial charge in [0, 0.05) is 29.2 Å². The Bertz CT molecular complexity index is 1150. The quantitative estimate of drug-likeness (QED) is 0.504. The molecule has 2 N–H and O–H groups in total. The predicted molar refractivity (Wildman–Crippen MR) is 106 cm³/mol. The summed E-state index contributed by atoms with van der Waals surface area (Å²) in [4.78, 5) is 14.3. The Morgan fingerprint density at radius 1 is 1.29 bits per heavy atom.